The van der Waals surface area contributed by atoms with Gasteiger partial charge in [0.15, 0.2) is 0 Å². The summed E-state index contributed by atoms with van der Waals surface area (Å²) >= 11 is 0. The molecule has 0 aromatic heterocycles. The smallest absolute Gasteiger partial charge is 0.251 e. The van der Waals surface area contributed by atoms with Crippen molar-refractivity contribution in [3.63, 3.8) is 0 Å². The summed E-state index contributed by atoms with van der Waals surface area (Å²) in [6.07, 6.45) is 11.0. The largest absolute Gasteiger partial charge is 0.348 e. The van der Waals surface area contributed by atoms with Crippen LogP contribution in [0.3, 0.4) is 0 Å². The van der Waals surface area contributed by atoms with Gasteiger partial charge in [-0.15, -0.1) is 0 Å². The van der Waals surface area contributed by atoms with E-state index in [0.29, 0.717) is 6.04 Å². The Labute approximate surface area is 181 Å². The van der Waals surface area contributed by atoms with E-state index in [2.05, 4.69) is 83.4 Å². The molecule has 2 atom stereocenters. The van der Waals surface area contributed by atoms with Gasteiger partial charge in [-0.05, 0) is 56.6 Å². The lowest BCUT2D eigenvalue weighted by molar-refractivity contribution is -0.118. The van der Waals surface area contributed by atoms with Gasteiger partial charge in [-0.25, -0.2) is 0 Å². The maximum atomic E-state index is 13.5. The van der Waals surface area contributed by atoms with Gasteiger partial charge in [0.05, 0.1) is 0 Å². The van der Waals surface area contributed by atoms with E-state index in [1.807, 2.05) is 7.05 Å². The van der Waals surface area contributed by atoms with Crippen LogP contribution in [0.2, 0.25) is 0 Å². The average Bonchev–Trinajstić information content (AvgIpc) is 2.81. The molecular formula is C26H31N2OP. The summed E-state index contributed by atoms with van der Waals surface area (Å²) in [5, 5.41) is 10.6. The molecule has 0 heterocycles. The molecule has 0 bridgehead atoms. The standard InChI is InChI=1S/C26H31N2OP/c1-27-23-17-9-10-18-24(23)28-26(29)22-16-8-11-19-25(22)30(20-12-4-2-5-13-20)21-14-6-3-7-15-21/h2-7,12-16,19,23-24,27H,8-11,17-18H2,1H3,(H,28,29)/t23?,24-/m1/s1. The molecule has 1 unspecified atom stereocenters. The van der Waals surface area contributed by atoms with Crippen LogP contribution < -0.4 is 21.2 Å². The van der Waals surface area contributed by atoms with E-state index in [1.165, 1.54) is 28.8 Å². The van der Waals surface area contributed by atoms with Crippen LogP contribution in [-0.2, 0) is 4.79 Å². The molecule has 2 aromatic rings. The number of nitrogens with one attached hydrogen (secondary N) is 2. The van der Waals surface area contributed by atoms with Crippen LogP contribution in [0, 0.1) is 0 Å². The molecule has 3 nitrogen and oxygen atoms in total. The molecule has 2 aromatic carbocycles. The van der Waals surface area contributed by atoms with Crippen LogP contribution in [0.5, 0.6) is 0 Å². The van der Waals surface area contributed by atoms with Crippen molar-refractivity contribution in [1.29, 1.82) is 0 Å². The van der Waals surface area contributed by atoms with Gasteiger partial charge in [-0.1, -0.05) is 85.7 Å². The molecule has 0 radical (unpaired) electrons. The maximum Gasteiger partial charge on any atom is 0.251 e. The topological polar surface area (TPSA) is 41.1 Å². The molecule has 4 rings (SSSR count). The SMILES string of the molecule is CNC1CCCC[C@H]1NC(=O)C1=CCCC=C1P(c1ccccc1)c1ccccc1. The molecule has 1 fully saturated rings. The zero-order valence-corrected chi connectivity index (χ0v) is 18.6. The predicted octanol–water partition coefficient (Wildman–Crippen LogP) is 4.37. The second-order valence-electron chi connectivity index (χ2n) is 8.05. The number of carbonyl (C=O) groups is 1. The van der Waals surface area contributed by atoms with Crippen molar-refractivity contribution in [3.8, 4) is 0 Å². The zero-order valence-electron chi connectivity index (χ0n) is 17.7. The van der Waals surface area contributed by atoms with Crippen molar-refractivity contribution in [1.82, 2.24) is 10.6 Å². The Kier molecular flexibility index (Phi) is 7.15. The quantitative estimate of drug-likeness (QED) is 0.684. The molecular weight excluding hydrogens is 387 g/mol. The number of benzene rings is 2. The zero-order chi connectivity index (χ0) is 20.8. The first kappa shape index (κ1) is 21.0. The lowest BCUT2D eigenvalue weighted by Crippen LogP contribution is -2.51. The van der Waals surface area contributed by atoms with Crippen LogP contribution in [-0.4, -0.2) is 25.0 Å². The van der Waals surface area contributed by atoms with Crippen molar-refractivity contribution in [2.24, 2.45) is 0 Å². The van der Waals surface area contributed by atoms with Crippen LogP contribution in [0.15, 0.2) is 83.7 Å². The predicted molar refractivity (Wildman–Crippen MR) is 128 cm³/mol. The van der Waals surface area contributed by atoms with Crippen LogP contribution in [0.1, 0.15) is 38.5 Å². The molecule has 2 aliphatic carbocycles. The third-order valence-electron chi connectivity index (χ3n) is 6.10. The van der Waals surface area contributed by atoms with Crippen LogP contribution in [0.4, 0.5) is 0 Å². The number of hydrogen-bond donors (Lipinski definition) is 2. The Balaban J connectivity index is 1.64. The van der Waals surface area contributed by atoms with Gasteiger partial charge in [-0.2, -0.15) is 0 Å². The molecule has 2 aliphatic rings. The average molecular weight is 419 g/mol. The van der Waals surface area contributed by atoms with Gasteiger partial charge < -0.3 is 10.6 Å². The number of carbonyl (C=O) groups excluding carboxylic acids is 1. The Morgan fingerprint density at radius 2 is 1.40 bits per heavy atom. The lowest BCUT2D eigenvalue weighted by atomic mass is 9.90. The monoisotopic (exact) mass is 418 g/mol. The fourth-order valence-corrected chi connectivity index (χ4v) is 7.10. The molecule has 156 valence electrons. The highest BCUT2D eigenvalue weighted by molar-refractivity contribution is 7.77. The third-order valence-corrected chi connectivity index (χ3v) is 8.63. The minimum Gasteiger partial charge on any atom is -0.348 e. The first-order valence-corrected chi connectivity index (χ1v) is 12.4. The van der Waals surface area contributed by atoms with Gasteiger partial charge in [0.25, 0.3) is 5.91 Å². The van der Waals surface area contributed by atoms with Gasteiger partial charge in [-0.3, -0.25) is 4.79 Å². The summed E-state index contributed by atoms with van der Waals surface area (Å²) in [5.74, 6) is 0.0902. The first-order valence-electron chi connectivity index (χ1n) is 11.1. The summed E-state index contributed by atoms with van der Waals surface area (Å²) in [5.41, 5.74) is 0.875. The highest BCUT2D eigenvalue weighted by atomic mass is 31.1. The minimum absolute atomic E-state index is 0.0902. The van der Waals surface area contributed by atoms with Gasteiger partial charge in [0.2, 0.25) is 0 Å². The molecule has 1 saturated carbocycles. The fourth-order valence-electron chi connectivity index (χ4n) is 4.56. The fraction of sp³-hybridized carbons (Fsp3) is 0.346. The number of likely N-dealkylation sites (N-methyl/N-ethyl adjacent to an activating group) is 1. The number of rotatable bonds is 6. The molecule has 1 amide bonds. The Morgan fingerprint density at radius 3 is 2.00 bits per heavy atom. The summed E-state index contributed by atoms with van der Waals surface area (Å²) < 4.78 is 0. The van der Waals surface area contributed by atoms with E-state index in [0.717, 1.165) is 31.3 Å². The van der Waals surface area contributed by atoms with Crippen molar-refractivity contribution < 1.29 is 4.79 Å². The molecule has 0 aliphatic heterocycles. The van der Waals surface area contributed by atoms with E-state index in [-0.39, 0.29) is 11.9 Å². The number of allylic oxidation sites excluding steroid dienone is 2. The van der Waals surface area contributed by atoms with E-state index < -0.39 is 7.92 Å². The van der Waals surface area contributed by atoms with Gasteiger partial charge in [0.1, 0.15) is 0 Å². The summed E-state index contributed by atoms with van der Waals surface area (Å²) in [7, 11) is 1.24. The first-order chi connectivity index (χ1) is 14.8. The molecule has 2 N–H and O–H groups in total. The van der Waals surface area contributed by atoms with Crippen molar-refractivity contribution >= 4 is 24.4 Å². The highest BCUT2D eigenvalue weighted by Crippen LogP contribution is 2.48. The Morgan fingerprint density at radius 1 is 0.833 bits per heavy atom. The summed E-state index contributed by atoms with van der Waals surface area (Å²) in [4.78, 5) is 13.5. The minimum atomic E-state index is -0.762. The third kappa shape index (κ3) is 4.74. The normalized spacial score (nSPS) is 21.7. The van der Waals surface area contributed by atoms with E-state index in [9.17, 15) is 4.79 Å². The molecule has 4 heteroatoms. The van der Waals surface area contributed by atoms with Crippen molar-refractivity contribution in [2.75, 3.05) is 7.05 Å². The second-order valence-corrected chi connectivity index (χ2v) is 10.2. The molecule has 30 heavy (non-hydrogen) atoms. The van der Waals surface area contributed by atoms with E-state index in [4.69, 9.17) is 0 Å². The van der Waals surface area contributed by atoms with E-state index in [1.54, 1.807) is 0 Å². The van der Waals surface area contributed by atoms with Crippen molar-refractivity contribution in [2.45, 2.75) is 50.6 Å². The Hall–Kier alpha value is -2.22. The molecule has 0 spiro atoms. The second kappa shape index (κ2) is 10.2. The highest BCUT2D eigenvalue weighted by Gasteiger charge is 2.30. The maximum absolute atomic E-state index is 13.5. The molecule has 0 saturated heterocycles. The summed E-state index contributed by atoms with van der Waals surface area (Å²) in [6, 6.07) is 21.9. The number of hydrogen-bond acceptors (Lipinski definition) is 2. The number of amides is 1. The van der Waals surface area contributed by atoms with Crippen LogP contribution >= 0.6 is 7.92 Å². The van der Waals surface area contributed by atoms with Crippen molar-refractivity contribution in [3.05, 3.63) is 83.7 Å². The summed E-state index contributed by atoms with van der Waals surface area (Å²) in [6.45, 7) is 0. The van der Waals surface area contributed by atoms with Gasteiger partial charge >= 0.3 is 0 Å². The van der Waals surface area contributed by atoms with Crippen LogP contribution in [0.25, 0.3) is 0 Å². The van der Waals surface area contributed by atoms with E-state index >= 15 is 0 Å². The van der Waals surface area contributed by atoms with Gasteiger partial charge in [0, 0.05) is 17.7 Å². The Bertz CT molecular complexity index is 868. The lowest BCUT2D eigenvalue weighted by Gasteiger charge is -2.33.